The molecule has 0 aliphatic rings. The van der Waals surface area contributed by atoms with Crippen LogP contribution in [0.3, 0.4) is 0 Å². The van der Waals surface area contributed by atoms with Gasteiger partial charge in [-0.2, -0.15) is 0 Å². The van der Waals surface area contributed by atoms with E-state index in [2.05, 4.69) is 6.92 Å². The molecule has 3 rings (SSSR count). The van der Waals surface area contributed by atoms with E-state index in [1.165, 1.54) is 13.2 Å². The lowest BCUT2D eigenvalue weighted by molar-refractivity contribution is -0.149. The zero-order chi connectivity index (χ0) is 20.1. The van der Waals surface area contributed by atoms with Crippen LogP contribution in [-0.4, -0.2) is 13.1 Å². The molecule has 0 radical (unpaired) electrons. The van der Waals surface area contributed by atoms with Crippen LogP contribution in [0.1, 0.15) is 42.6 Å². The zero-order valence-corrected chi connectivity index (χ0v) is 16.4. The van der Waals surface area contributed by atoms with Gasteiger partial charge in [-0.1, -0.05) is 43.7 Å². The second kappa shape index (κ2) is 8.74. The Morgan fingerprint density at radius 3 is 2.57 bits per heavy atom. The molecule has 1 aromatic heterocycles. The number of methoxy groups -OCH3 is 1. The SMILES string of the molecule is CCCCc1cc(=O)oc2cc(C)cc(O[C@@H](C(=O)OC)c3ccccc3)c12. The van der Waals surface area contributed by atoms with E-state index in [-0.39, 0.29) is 5.63 Å². The fourth-order valence-corrected chi connectivity index (χ4v) is 3.24. The topological polar surface area (TPSA) is 65.7 Å². The third kappa shape index (κ3) is 4.25. The summed E-state index contributed by atoms with van der Waals surface area (Å²) in [5.74, 6) is 0.0115. The maximum atomic E-state index is 12.4. The van der Waals surface area contributed by atoms with Crippen LogP contribution in [-0.2, 0) is 16.0 Å². The predicted octanol–water partition coefficient (Wildman–Crippen LogP) is 4.74. The Bertz CT molecular complexity index is 1020. The molecule has 0 saturated heterocycles. The Labute approximate surface area is 163 Å². The van der Waals surface area contributed by atoms with E-state index >= 15 is 0 Å². The van der Waals surface area contributed by atoms with E-state index in [4.69, 9.17) is 13.9 Å². The number of rotatable bonds is 7. The maximum absolute atomic E-state index is 12.4. The molecule has 1 atom stereocenters. The summed E-state index contributed by atoms with van der Waals surface area (Å²) < 4.78 is 16.6. The summed E-state index contributed by atoms with van der Waals surface area (Å²) >= 11 is 0. The highest BCUT2D eigenvalue weighted by molar-refractivity contribution is 5.88. The van der Waals surface area contributed by atoms with Crippen LogP contribution in [0, 0.1) is 6.92 Å². The number of unbranched alkanes of at least 4 members (excludes halogenated alkanes) is 1. The first-order chi connectivity index (χ1) is 13.5. The standard InChI is InChI=1S/C23H24O5/c1-4-5-9-17-14-20(24)27-18-12-15(2)13-19(21(17)18)28-22(23(25)26-3)16-10-7-6-8-11-16/h6-8,10-14,22H,4-5,9H2,1-3H3/t22-/m1/s1. The van der Waals surface area contributed by atoms with Crippen molar-refractivity contribution in [3.05, 3.63) is 75.6 Å². The summed E-state index contributed by atoms with van der Waals surface area (Å²) in [7, 11) is 1.34. The summed E-state index contributed by atoms with van der Waals surface area (Å²) in [5.41, 5.74) is 2.50. The predicted molar refractivity (Wildman–Crippen MR) is 108 cm³/mol. The second-order valence-corrected chi connectivity index (χ2v) is 6.76. The lowest BCUT2D eigenvalue weighted by atomic mass is 10.0. The molecule has 0 aliphatic carbocycles. The van der Waals surface area contributed by atoms with Crippen LogP contribution in [0.4, 0.5) is 0 Å². The lowest BCUT2D eigenvalue weighted by Gasteiger charge is -2.20. The molecule has 2 aromatic carbocycles. The Morgan fingerprint density at radius 2 is 1.89 bits per heavy atom. The molecule has 5 heteroatoms. The van der Waals surface area contributed by atoms with E-state index in [1.54, 1.807) is 0 Å². The highest BCUT2D eigenvalue weighted by atomic mass is 16.6. The molecule has 1 heterocycles. The van der Waals surface area contributed by atoms with Crippen LogP contribution >= 0.6 is 0 Å². The molecule has 0 unspecified atom stereocenters. The third-order valence-electron chi connectivity index (χ3n) is 4.60. The number of esters is 1. The van der Waals surface area contributed by atoms with Gasteiger partial charge in [-0.15, -0.1) is 0 Å². The quantitative estimate of drug-likeness (QED) is 0.438. The largest absolute Gasteiger partial charge is 0.473 e. The smallest absolute Gasteiger partial charge is 0.351 e. The number of hydrogen-bond acceptors (Lipinski definition) is 5. The Hall–Kier alpha value is -3.08. The number of ether oxygens (including phenoxy) is 2. The zero-order valence-electron chi connectivity index (χ0n) is 16.4. The highest BCUT2D eigenvalue weighted by Crippen LogP contribution is 2.34. The fraction of sp³-hybridized carbons (Fsp3) is 0.304. The van der Waals surface area contributed by atoms with Crippen molar-refractivity contribution in [3.63, 3.8) is 0 Å². The van der Waals surface area contributed by atoms with Crippen LogP contribution in [0.25, 0.3) is 11.0 Å². The fourth-order valence-electron chi connectivity index (χ4n) is 3.24. The van der Waals surface area contributed by atoms with E-state index in [0.29, 0.717) is 16.9 Å². The van der Waals surface area contributed by atoms with E-state index in [0.717, 1.165) is 35.8 Å². The van der Waals surface area contributed by atoms with Crippen molar-refractivity contribution >= 4 is 16.9 Å². The van der Waals surface area contributed by atoms with Crippen molar-refractivity contribution in [2.45, 2.75) is 39.2 Å². The molecule has 0 N–H and O–H groups in total. The van der Waals surface area contributed by atoms with Gasteiger partial charge in [-0.3, -0.25) is 0 Å². The molecule has 146 valence electrons. The summed E-state index contributed by atoms with van der Waals surface area (Å²) in [5, 5.41) is 0.725. The second-order valence-electron chi connectivity index (χ2n) is 6.76. The van der Waals surface area contributed by atoms with Gasteiger partial charge in [0.25, 0.3) is 0 Å². The Balaban J connectivity index is 2.15. The van der Waals surface area contributed by atoms with Gasteiger partial charge in [-0.25, -0.2) is 9.59 Å². The lowest BCUT2D eigenvalue weighted by Crippen LogP contribution is -2.20. The van der Waals surface area contributed by atoms with Crippen molar-refractivity contribution in [2.24, 2.45) is 0 Å². The maximum Gasteiger partial charge on any atom is 0.351 e. The van der Waals surface area contributed by atoms with Gasteiger partial charge in [0.05, 0.1) is 12.5 Å². The van der Waals surface area contributed by atoms with Gasteiger partial charge >= 0.3 is 11.6 Å². The molecule has 3 aromatic rings. The monoisotopic (exact) mass is 380 g/mol. The van der Waals surface area contributed by atoms with E-state index < -0.39 is 12.1 Å². The van der Waals surface area contributed by atoms with Crippen molar-refractivity contribution in [2.75, 3.05) is 7.11 Å². The van der Waals surface area contributed by atoms with E-state index in [9.17, 15) is 9.59 Å². The molecule has 0 bridgehead atoms. The minimum atomic E-state index is -0.915. The molecule has 5 nitrogen and oxygen atoms in total. The number of benzene rings is 2. The molecule has 0 aliphatic heterocycles. The molecule has 28 heavy (non-hydrogen) atoms. The van der Waals surface area contributed by atoms with Gasteiger partial charge in [-0.05, 0) is 43.0 Å². The van der Waals surface area contributed by atoms with Crippen LogP contribution in [0.15, 0.2) is 57.7 Å². The van der Waals surface area contributed by atoms with Crippen LogP contribution in [0.2, 0.25) is 0 Å². The van der Waals surface area contributed by atoms with Gasteiger partial charge in [0.2, 0.25) is 6.10 Å². The average molecular weight is 380 g/mol. The van der Waals surface area contributed by atoms with E-state index in [1.807, 2.05) is 49.4 Å². The first-order valence-electron chi connectivity index (χ1n) is 9.40. The summed E-state index contributed by atoms with van der Waals surface area (Å²) in [4.78, 5) is 24.4. The van der Waals surface area contributed by atoms with Gasteiger partial charge in [0.15, 0.2) is 0 Å². The average Bonchev–Trinajstić information content (AvgIpc) is 2.69. The van der Waals surface area contributed by atoms with Gasteiger partial charge in [0.1, 0.15) is 11.3 Å². The summed E-state index contributed by atoms with van der Waals surface area (Å²) in [6.45, 7) is 3.98. The normalized spacial score (nSPS) is 12.0. The van der Waals surface area contributed by atoms with Crippen LogP contribution in [0.5, 0.6) is 5.75 Å². The molecule has 0 fully saturated rings. The minimum Gasteiger partial charge on any atom is -0.473 e. The first-order valence-corrected chi connectivity index (χ1v) is 9.40. The number of carbonyl (C=O) groups is 1. The summed E-state index contributed by atoms with van der Waals surface area (Å²) in [6.07, 6.45) is 1.75. The highest BCUT2D eigenvalue weighted by Gasteiger charge is 2.25. The Kier molecular flexibility index (Phi) is 6.14. The van der Waals surface area contributed by atoms with Crippen molar-refractivity contribution in [3.8, 4) is 5.75 Å². The first kappa shape index (κ1) is 19.7. The molecule has 0 spiro atoms. The van der Waals surface area contributed by atoms with Gasteiger partial charge < -0.3 is 13.9 Å². The molecule has 0 saturated carbocycles. The van der Waals surface area contributed by atoms with Crippen molar-refractivity contribution in [1.82, 2.24) is 0 Å². The number of carbonyl (C=O) groups excluding carboxylic acids is 1. The van der Waals surface area contributed by atoms with Gasteiger partial charge in [0, 0.05) is 11.6 Å². The number of hydrogen-bond donors (Lipinski definition) is 0. The van der Waals surface area contributed by atoms with Crippen molar-refractivity contribution < 1.29 is 18.7 Å². The minimum absolute atomic E-state index is 0.386. The molecular formula is C23H24O5. The molecular weight excluding hydrogens is 356 g/mol. The third-order valence-corrected chi connectivity index (χ3v) is 4.60. The summed E-state index contributed by atoms with van der Waals surface area (Å²) in [6, 6.07) is 14.4. The number of fused-ring (bicyclic) bond motifs is 1. The van der Waals surface area contributed by atoms with Crippen LogP contribution < -0.4 is 10.4 Å². The van der Waals surface area contributed by atoms with Crippen molar-refractivity contribution in [1.29, 1.82) is 0 Å². The number of aryl methyl sites for hydroxylation is 2. The molecule has 0 amide bonds. The Morgan fingerprint density at radius 1 is 1.14 bits per heavy atom.